The number of methoxy groups -OCH3 is 1. The Hall–Kier alpha value is -2.63. The van der Waals surface area contributed by atoms with Gasteiger partial charge in [-0.2, -0.15) is 0 Å². The molecule has 0 unspecified atom stereocenters. The SMILES string of the molecule is COc1ccccc1C1(CN=C(N)Nc2cc(F)ccc2F)CCC1. The van der Waals surface area contributed by atoms with Crippen LogP contribution in [0.4, 0.5) is 14.5 Å². The average Bonchev–Trinajstić information content (AvgIpc) is 2.57. The van der Waals surface area contributed by atoms with E-state index in [1.165, 1.54) is 0 Å². The van der Waals surface area contributed by atoms with Crippen LogP contribution < -0.4 is 15.8 Å². The summed E-state index contributed by atoms with van der Waals surface area (Å²) in [7, 11) is 1.65. The van der Waals surface area contributed by atoms with Gasteiger partial charge < -0.3 is 15.8 Å². The van der Waals surface area contributed by atoms with Crippen molar-refractivity contribution in [1.82, 2.24) is 0 Å². The summed E-state index contributed by atoms with van der Waals surface area (Å²) in [4.78, 5) is 4.37. The maximum atomic E-state index is 13.7. The summed E-state index contributed by atoms with van der Waals surface area (Å²) in [5, 5.41) is 2.63. The highest BCUT2D eigenvalue weighted by Crippen LogP contribution is 2.47. The molecule has 4 nitrogen and oxygen atoms in total. The van der Waals surface area contributed by atoms with Crippen LogP contribution in [0.5, 0.6) is 5.75 Å². The summed E-state index contributed by atoms with van der Waals surface area (Å²) in [6, 6.07) is 11.0. The smallest absolute Gasteiger partial charge is 0.193 e. The molecule has 1 aliphatic carbocycles. The van der Waals surface area contributed by atoms with Crippen LogP contribution in [0.25, 0.3) is 0 Å². The van der Waals surface area contributed by atoms with E-state index in [0.29, 0.717) is 6.54 Å². The van der Waals surface area contributed by atoms with Gasteiger partial charge in [-0.1, -0.05) is 24.6 Å². The van der Waals surface area contributed by atoms with Crippen molar-refractivity contribution in [1.29, 1.82) is 0 Å². The Kier molecular flexibility index (Phi) is 4.88. The molecule has 6 heteroatoms. The van der Waals surface area contributed by atoms with Crippen LogP contribution in [0.2, 0.25) is 0 Å². The second-order valence-corrected chi connectivity index (χ2v) is 6.28. The van der Waals surface area contributed by atoms with Gasteiger partial charge >= 0.3 is 0 Å². The number of aliphatic imine (C=N–C) groups is 1. The number of hydrogen-bond donors (Lipinski definition) is 2. The molecule has 1 aliphatic rings. The molecule has 0 aromatic heterocycles. The van der Waals surface area contributed by atoms with Crippen molar-refractivity contribution in [3.63, 3.8) is 0 Å². The number of para-hydroxylation sites is 1. The number of hydrogen-bond acceptors (Lipinski definition) is 2. The number of nitrogens with two attached hydrogens (primary N) is 1. The number of guanidine groups is 1. The summed E-state index contributed by atoms with van der Waals surface area (Å²) < 4.78 is 32.4. The predicted molar refractivity (Wildman–Crippen MR) is 95.0 cm³/mol. The Balaban J connectivity index is 1.78. The molecule has 132 valence electrons. The van der Waals surface area contributed by atoms with Gasteiger partial charge in [-0.15, -0.1) is 0 Å². The van der Waals surface area contributed by atoms with Crippen molar-refractivity contribution in [3.05, 3.63) is 59.7 Å². The first-order valence-corrected chi connectivity index (χ1v) is 8.19. The van der Waals surface area contributed by atoms with Crippen molar-refractivity contribution >= 4 is 11.6 Å². The topological polar surface area (TPSA) is 59.6 Å². The van der Waals surface area contributed by atoms with Gasteiger partial charge in [0.2, 0.25) is 0 Å². The third-order valence-electron chi connectivity index (χ3n) is 4.73. The van der Waals surface area contributed by atoms with Crippen LogP contribution in [0.15, 0.2) is 47.5 Å². The minimum Gasteiger partial charge on any atom is -0.496 e. The Morgan fingerprint density at radius 1 is 1.24 bits per heavy atom. The van der Waals surface area contributed by atoms with Gasteiger partial charge in [-0.05, 0) is 31.0 Å². The molecular weight excluding hydrogens is 324 g/mol. The maximum absolute atomic E-state index is 13.7. The van der Waals surface area contributed by atoms with Crippen molar-refractivity contribution < 1.29 is 13.5 Å². The number of halogens is 2. The average molecular weight is 345 g/mol. The first-order valence-electron chi connectivity index (χ1n) is 8.19. The third-order valence-corrected chi connectivity index (χ3v) is 4.73. The molecule has 2 aromatic rings. The van der Waals surface area contributed by atoms with Crippen LogP contribution in [0.3, 0.4) is 0 Å². The van der Waals surface area contributed by atoms with Crippen molar-refractivity contribution in [2.45, 2.75) is 24.7 Å². The lowest BCUT2D eigenvalue weighted by atomic mass is 9.64. The summed E-state index contributed by atoms with van der Waals surface area (Å²) in [5.41, 5.74) is 6.83. The van der Waals surface area contributed by atoms with Gasteiger partial charge in [0.1, 0.15) is 17.4 Å². The molecule has 0 aliphatic heterocycles. The first-order chi connectivity index (χ1) is 12.0. The molecule has 2 aromatic carbocycles. The summed E-state index contributed by atoms with van der Waals surface area (Å²) in [5.74, 6) is -0.227. The lowest BCUT2D eigenvalue weighted by Gasteiger charge is -2.42. The molecule has 1 fully saturated rings. The summed E-state index contributed by atoms with van der Waals surface area (Å²) >= 11 is 0. The minimum absolute atomic E-state index is 0.0267. The molecule has 3 rings (SSSR count). The van der Waals surface area contributed by atoms with Crippen molar-refractivity contribution in [2.24, 2.45) is 10.7 Å². The van der Waals surface area contributed by atoms with Crippen molar-refractivity contribution in [2.75, 3.05) is 19.0 Å². The second-order valence-electron chi connectivity index (χ2n) is 6.28. The molecule has 0 bridgehead atoms. The molecule has 0 saturated heterocycles. The molecule has 0 radical (unpaired) electrons. The Morgan fingerprint density at radius 3 is 2.68 bits per heavy atom. The van der Waals surface area contributed by atoms with Gasteiger partial charge in [-0.25, -0.2) is 8.78 Å². The van der Waals surface area contributed by atoms with Gasteiger partial charge in [0.15, 0.2) is 5.96 Å². The molecule has 0 heterocycles. The largest absolute Gasteiger partial charge is 0.496 e. The normalized spacial score (nSPS) is 16.2. The zero-order chi connectivity index (χ0) is 17.9. The fourth-order valence-corrected chi connectivity index (χ4v) is 3.21. The monoisotopic (exact) mass is 345 g/mol. The molecule has 0 amide bonds. The summed E-state index contributed by atoms with van der Waals surface area (Å²) in [6.07, 6.45) is 3.08. The zero-order valence-corrected chi connectivity index (χ0v) is 14.1. The highest BCUT2D eigenvalue weighted by molar-refractivity contribution is 5.92. The lowest BCUT2D eigenvalue weighted by molar-refractivity contribution is 0.244. The molecule has 0 atom stereocenters. The molecule has 1 saturated carbocycles. The number of anilines is 1. The van der Waals surface area contributed by atoms with Gasteiger partial charge in [0.25, 0.3) is 0 Å². The Morgan fingerprint density at radius 2 is 2.00 bits per heavy atom. The molecular formula is C19H21F2N3O. The standard InChI is InChI=1S/C19H21F2N3O/c1-25-17-6-3-2-5-14(17)19(9-4-10-19)12-23-18(22)24-16-11-13(20)7-8-15(16)21/h2-3,5-8,11H,4,9-10,12H2,1H3,(H3,22,23,24). The number of nitrogens with zero attached hydrogens (tertiary/aromatic N) is 1. The van der Waals surface area contributed by atoms with E-state index in [1.807, 2.05) is 24.3 Å². The molecule has 0 spiro atoms. The number of ether oxygens (including phenoxy) is 1. The van der Waals surface area contributed by atoms with Crippen LogP contribution in [0.1, 0.15) is 24.8 Å². The van der Waals surface area contributed by atoms with E-state index in [0.717, 1.165) is 48.8 Å². The van der Waals surface area contributed by atoms with E-state index in [4.69, 9.17) is 10.5 Å². The number of nitrogens with one attached hydrogen (secondary N) is 1. The fraction of sp³-hybridized carbons (Fsp3) is 0.316. The van der Waals surface area contributed by atoms with Crippen LogP contribution in [0, 0.1) is 11.6 Å². The van der Waals surface area contributed by atoms with Crippen LogP contribution in [-0.2, 0) is 5.41 Å². The predicted octanol–water partition coefficient (Wildman–Crippen LogP) is 3.82. The van der Waals surface area contributed by atoms with E-state index in [9.17, 15) is 8.78 Å². The van der Waals surface area contributed by atoms with E-state index in [1.54, 1.807) is 7.11 Å². The van der Waals surface area contributed by atoms with Crippen LogP contribution >= 0.6 is 0 Å². The van der Waals surface area contributed by atoms with Gasteiger partial charge in [0.05, 0.1) is 19.3 Å². The Labute approximate surface area is 145 Å². The van der Waals surface area contributed by atoms with E-state index in [2.05, 4.69) is 10.3 Å². The van der Waals surface area contributed by atoms with Gasteiger partial charge in [0, 0.05) is 17.0 Å². The quantitative estimate of drug-likeness (QED) is 0.640. The van der Waals surface area contributed by atoms with E-state index < -0.39 is 11.6 Å². The van der Waals surface area contributed by atoms with E-state index >= 15 is 0 Å². The number of rotatable bonds is 5. The summed E-state index contributed by atoms with van der Waals surface area (Å²) in [6.45, 7) is 0.461. The molecule has 3 N–H and O–H groups in total. The fourth-order valence-electron chi connectivity index (χ4n) is 3.21. The molecule has 25 heavy (non-hydrogen) atoms. The minimum atomic E-state index is -0.581. The first kappa shape index (κ1) is 17.2. The van der Waals surface area contributed by atoms with Gasteiger partial charge in [-0.3, -0.25) is 4.99 Å². The van der Waals surface area contributed by atoms with Crippen molar-refractivity contribution in [3.8, 4) is 5.75 Å². The van der Waals surface area contributed by atoms with E-state index in [-0.39, 0.29) is 17.1 Å². The third kappa shape index (κ3) is 3.57. The van der Waals surface area contributed by atoms with Crippen LogP contribution in [-0.4, -0.2) is 19.6 Å². The maximum Gasteiger partial charge on any atom is 0.193 e. The lowest BCUT2D eigenvalue weighted by Crippen LogP contribution is -2.39. The highest BCUT2D eigenvalue weighted by atomic mass is 19.1. The Bertz CT molecular complexity index is 788. The number of benzene rings is 2. The zero-order valence-electron chi connectivity index (χ0n) is 14.1. The second kappa shape index (κ2) is 7.09. The highest BCUT2D eigenvalue weighted by Gasteiger charge is 2.40.